The maximum absolute atomic E-state index is 13.0. The predicted octanol–water partition coefficient (Wildman–Crippen LogP) is 6.68. The summed E-state index contributed by atoms with van der Waals surface area (Å²) in [6.45, 7) is 26.4. The fraction of sp³-hybridized carbons (Fsp3) is 0.451. The number of morpholine rings is 1. The molecule has 4 aromatic heterocycles. The number of fused-ring (bicyclic) bond motifs is 12. The zero-order valence-electron chi connectivity index (χ0n) is 82.3. The number of carbonyl (C=O) groups excluding carboxylic acids is 4. The van der Waals surface area contributed by atoms with E-state index in [9.17, 15) is 39.6 Å². The lowest BCUT2D eigenvalue weighted by atomic mass is 10.0. The number of pyridine rings is 4. The first kappa shape index (κ1) is 100. The molecule has 6 atom stereocenters. The van der Waals surface area contributed by atoms with Crippen LogP contribution in [0, 0.1) is 27.7 Å². The Bertz CT molecular complexity index is 6300. The average molecular weight is 1960 g/mol. The molecule has 4 fully saturated rings. The second-order valence-electron chi connectivity index (χ2n) is 36.5. The number of aliphatic imine (C=N–C) groups is 8. The minimum absolute atomic E-state index is 0.0932. The summed E-state index contributed by atoms with van der Waals surface area (Å²) in [7, 11) is 6.22. The van der Waals surface area contributed by atoms with E-state index >= 15 is 0 Å². The number of aliphatic hydroxyl groups excluding tert-OH is 4. The van der Waals surface area contributed by atoms with Gasteiger partial charge in [0, 0.05) is 135 Å². The van der Waals surface area contributed by atoms with Gasteiger partial charge < -0.3 is 88.4 Å². The van der Waals surface area contributed by atoms with E-state index in [4.69, 9.17) is 73.3 Å². The normalized spacial score (nSPS) is 18.9. The van der Waals surface area contributed by atoms with Crippen LogP contribution in [-0.2, 0) is 4.74 Å². The quantitative estimate of drug-likeness (QED) is 0.0242. The molecule has 9 N–H and O–H groups in total. The first-order valence-electron chi connectivity index (χ1n) is 48.6. The summed E-state index contributed by atoms with van der Waals surface area (Å²) in [5, 5.41) is 50.8. The Labute approximate surface area is 829 Å². The summed E-state index contributed by atoms with van der Waals surface area (Å²) in [4.78, 5) is 123. The Morgan fingerprint density at radius 2 is 0.678 bits per heavy atom. The van der Waals surface area contributed by atoms with Gasteiger partial charge in [0.2, 0.25) is 17.9 Å². The van der Waals surface area contributed by atoms with Gasteiger partial charge in [0.15, 0.2) is 46.0 Å². The molecular weight excluding hydrogens is 1830 g/mol. The Hall–Kier alpha value is -14.0. The van der Waals surface area contributed by atoms with Crippen molar-refractivity contribution in [3.05, 3.63) is 189 Å². The van der Waals surface area contributed by atoms with Gasteiger partial charge in [0.1, 0.15) is 103 Å². The monoisotopic (exact) mass is 1960 g/mol. The lowest BCUT2D eigenvalue weighted by Crippen LogP contribution is -2.48. The van der Waals surface area contributed by atoms with Crippen molar-refractivity contribution in [2.45, 2.75) is 117 Å². The standard InChI is InChI=1S/C27H34N6O5.C26H32N6O4.C25H30N6O4.C24H28N6O4/c1-16-12-32(13-17(2)38-16)14-19(34)15-37-22-8-7-21-23(24(22)36-4)30-27(33-11-10-29-25(21)33)31-26(35)20-6-5-9-28-18(20)3;1-17-19(7-6-10-27-17)25(34)30-26-29-22-20(24-28-11-14-32(24)26)8-9-21(23(22)35-2)36-16-18(33)15-31-12-4-3-5-13-31;1-15-20(23(26)33)17(7-8-27-15)25-29-21-18(24-28-9-12-31(24)25)5-6-19(22(21)34-2)35-14-16(32)13-30-10-3-4-11-30;1-15-17(5-3-8-25-15)23(32)28-24-27-20-18(22-26-9-12-30(22)24)6-7-19(21(20)33-2)34-14-16(31)13-29-10-4-11-29/h5-9,16-17,19,34H,10-15H2,1-4H3,(H,30,31,35);6-10,18,33H,3-5,11-16H2,1-2H3,(H,29,30,34);5-8,16,32H,3-4,9-14H2,1-2H3,(H2,26,33);3,5-8,16,31H,4,9-14H2,1-2H3,(H,27,28,32)/t16-,17+,19-;18-;2*16-/m1111/s1. The van der Waals surface area contributed by atoms with Gasteiger partial charge in [-0.2, -0.15) is 0 Å². The average Bonchev–Trinajstić information content (AvgIpc) is 1.64. The van der Waals surface area contributed by atoms with Gasteiger partial charge in [-0.1, -0.05) is 6.42 Å². The molecule has 0 unspecified atom stereocenters. The molecule has 20 rings (SSSR count). The SMILES string of the molecule is COc1c(OC[C@H](O)CN2CCC2)ccc2c1N=C(NC(=O)c1cccnc1C)N1CCN=C21.COc1c(OC[C@H](O)CN2CCCC2)ccc2c1N=C(c1ccnc(C)c1C(N)=O)N1CCN=C21.COc1c(OC[C@H](O)CN2CCCCC2)ccc2c1N=C(NC(=O)c1cccnc1C)N1CCN=C21.COc1c(OC[C@H](O)CN2C[C@@H](C)O[C@@H](C)C2)ccc2c1N=C(NC(=O)c1cccnc1C)N1CCN=C21. The topological polar surface area (TPSA) is 471 Å². The number of primary amides is 1. The predicted molar refractivity (Wildman–Crippen MR) is 538 cm³/mol. The van der Waals surface area contributed by atoms with E-state index in [0.717, 1.165) is 92.1 Å². The third-order valence-electron chi connectivity index (χ3n) is 26.2. The van der Waals surface area contributed by atoms with E-state index < -0.39 is 30.3 Å². The highest BCUT2D eigenvalue weighted by Gasteiger charge is 2.41. The van der Waals surface area contributed by atoms with Gasteiger partial charge in [-0.25, -0.2) is 20.0 Å². The lowest BCUT2D eigenvalue weighted by Gasteiger charge is -2.36. The Balaban J connectivity index is 0.000000131. The first-order valence-corrected chi connectivity index (χ1v) is 48.6. The number of aromatic nitrogens is 4. The molecule has 12 aliphatic heterocycles. The van der Waals surface area contributed by atoms with Gasteiger partial charge in [-0.15, -0.1) is 0 Å². The van der Waals surface area contributed by atoms with Crippen LogP contribution in [0.4, 0.5) is 22.7 Å². The number of methoxy groups -OCH3 is 4. The summed E-state index contributed by atoms with van der Waals surface area (Å²) in [5.41, 5.74) is 15.9. The fourth-order valence-corrected chi connectivity index (χ4v) is 19.3. The number of likely N-dealkylation sites (tertiary alicyclic amines) is 3. The molecule has 41 nitrogen and oxygen atoms in total. The number of nitrogens with one attached hydrogen (secondary N) is 3. The molecule has 41 heteroatoms. The molecule has 4 saturated heterocycles. The van der Waals surface area contributed by atoms with E-state index in [1.165, 1.54) is 38.5 Å². The fourth-order valence-electron chi connectivity index (χ4n) is 19.3. The van der Waals surface area contributed by atoms with Crippen LogP contribution in [0.15, 0.2) is 156 Å². The Morgan fingerprint density at radius 1 is 0.371 bits per heavy atom. The van der Waals surface area contributed by atoms with Gasteiger partial charge in [-0.3, -0.25) is 94.6 Å². The van der Waals surface area contributed by atoms with Crippen molar-refractivity contribution in [2.75, 3.05) is 186 Å². The van der Waals surface area contributed by atoms with Crippen LogP contribution in [0.1, 0.15) is 144 Å². The third kappa shape index (κ3) is 22.9. The highest BCUT2D eigenvalue weighted by atomic mass is 16.5. The van der Waals surface area contributed by atoms with Crippen molar-refractivity contribution in [3.63, 3.8) is 0 Å². The maximum Gasteiger partial charge on any atom is 0.259 e. The molecule has 16 heterocycles. The number of piperidine rings is 1. The number of rotatable bonds is 29. The zero-order valence-corrected chi connectivity index (χ0v) is 82.3. The number of nitrogens with two attached hydrogens (primary N) is 1. The summed E-state index contributed by atoms with van der Waals surface area (Å²) in [6, 6.07) is 27.0. The van der Waals surface area contributed by atoms with Crippen molar-refractivity contribution >= 4 is 93.4 Å². The number of β-amino-alcohol motifs (C(OH)–C–C–N with tert-alkyl or cyclic N) is 4. The van der Waals surface area contributed by atoms with Crippen molar-refractivity contribution in [1.29, 1.82) is 0 Å². The molecular formula is C102H124N24O17. The lowest BCUT2D eigenvalue weighted by molar-refractivity contribution is -0.0787. The number of amides is 4. The highest BCUT2D eigenvalue weighted by molar-refractivity contribution is 6.25. The Morgan fingerprint density at radius 3 is 1.00 bits per heavy atom. The second kappa shape index (κ2) is 45.9. The summed E-state index contributed by atoms with van der Waals surface area (Å²) < 4.78 is 52.5. The number of hydrogen-bond acceptors (Lipinski definition) is 37. The zero-order chi connectivity index (χ0) is 100. The van der Waals surface area contributed by atoms with Crippen LogP contribution >= 0.6 is 0 Å². The van der Waals surface area contributed by atoms with Gasteiger partial charge >= 0.3 is 0 Å². The maximum atomic E-state index is 13.0. The van der Waals surface area contributed by atoms with Gasteiger partial charge in [0.25, 0.3) is 23.6 Å². The van der Waals surface area contributed by atoms with Crippen LogP contribution in [-0.4, -0.2) is 373 Å². The number of amidine groups is 5. The van der Waals surface area contributed by atoms with Crippen molar-refractivity contribution in [1.82, 2.24) is 75.1 Å². The van der Waals surface area contributed by atoms with E-state index in [-0.39, 0.29) is 56.4 Å². The van der Waals surface area contributed by atoms with Gasteiger partial charge in [0.05, 0.1) is 94.8 Å². The minimum atomic E-state index is -0.691. The number of carbonyl (C=O) groups is 4. The largest absolute Gasteiger partial charge is 0.491 e. The minimum Gasteiger partial charge on any atom is -0.491 e. The number of hydrogen-bond donors (Lipinski definition) is 8. The number of benzene rings is 4. The molecule has 0 bridgehead atoms. The van der Waals surface area contributed by atoms with Crippen LogP contribution < -0.4 is 59.6 Å². The third-order valence-corrected chi connectivity index (χ3v) is 26.2. The molecule has 8 aromatic rings. The van der Waals surface area contributed by atoms with E-state index in [1.807, 2.05) is 75.9 Å². The summed E-state index contributed by atoms with van der Waals surface area (Å²) in [6.07, 6.45) is 11.4. The van der Waals surface area contributed by atoms with Crippen molar-refractivity contribution in [3.8, 4) is 46.0 Å². The highest BCUT2D eigenvalue weighted by Crippen LogP contribution is 2.49. The number of aliphatic hydroxyl groups is 4. The smallest absolute Gasteiger partial charge is 0.259 e. The van der Waals surface area contributed by atoms with E-state index in [0.29, 0.717) is 227 Å². The van der Waals surface area contributed by atoms with Crippen molar-refractivity contribution < 1.29 is 82.2 Å². The van der Waals surface area contributed by atoms with Crippen LogP contribution in [0.25, 0.3) is 0 Å². The van der Waals surface area contributed by atoms with Gasteiger partial charge in [-0.05, 0) is 204 Å². The number of guanidine groups is 3. The molecule has 4 aromatic carbocycles. The molecule has 143 heavy (non-hydrogen) atoms. The number of nitrogens with zero attached hydrogens (tertiary/aromatic N) is 20. The Kier molecular flexibility index (Phi) is 32.3. The summed E-state index contributed by atoms with van der Waals surface area (Å²) >= 11 is 0. The molecule has 0 spiro atoms. The second-order valence-corrected chi connectivity index (χ2v) is 36.5. The van der Waals surface area contributed by atoms with Crippen LogP contribution in [0.3, 0.4) is 0 Å². The molecule has 12 aliphatic rings. The molecule has 754 valence electrons. The number of aryl methyl sites for hydroxylation is 4. The van der Waals surface area contributed by atoms with E-state index in [2.05, 4.69) is 70.5 Å². The molecule has 0 radical (unpaired) electrons. The van der Waals surface area contributed by atoms with Crippen molar-refractivity contribution in [2.24, 2.45) is 45.7 Å². The van der Waals surface area contributed by atoms with E-state index in [1.54, 1.807) is 129 Å². The van der Waals surface area contributed by atoms with Crippen LogP contribution in [0.5, 0.6) is 46.0 Å². The molecule has 4 amide bonds. The first-order chi connectivity index (χ1) is 69.4. The van der Waals surface area contributed by atoms with Crippen LogP contribution in [0.2, 0.25) is 0 Å². The summed E-state index contributed by atoms with van der Waals surface area (Å²) in [5.74, 6) is 6.84. The molecule has 0 saturated carbocycles. The number of ether oxygens (including phenoxy) is 9. The molecule has 0 aliphatic carbocycles.